The van der Waals surface area contributed by atoms with Gasteiger partial charge in [-0.1, -0.05) is 19.0 Å². The zero-order valence-electron chi connectivity index (χ0n) is 14.9. The predicted octanol–water partition coefficient (Wildman–Crippen LogP) is 2.25. The number of carbonyl (C=O) groups is 2. The van der Waals surface area contributed by atoms with Crippen LogP contribution in [-0.4, -0.2) is 36.7 Å². The van der Waals surface area contributed by atoms with Crippen LogP contribution in [0.25, 0.3) is 0 Å². The number of carbonyl (C=O) groups excluding carboxylic acids is 2. The molecule has 138 valence electrons. The summed E-state index contributed by atoms with van der Waals surface area (Å²) in [6, 6.07) is 5.14. The smallest absolute Gasteiger partial charge is 0.257 e. The number of nitrogens with zero attached hydrogens (tertiary/aromatic N) is 1. The lowest BCUT2D eigenvalue weighted by atomic mass is 10.0. The van der Waals surface area contributed by atoms with E-state index >= 15 is 0 Å². The largest absolute Gasteiger partial charge is 0.486 e. The van der Waals surface area contributed by atoms with Crippen LogP contribution in [-0.2, 0) is 4.79 Å². The third-order valence-electron chi connectivity index (χ3n) is 3.88. The van der Waals surface area contributed by atoms with Gasteiger partial charge in [-0.25, -0.2) is 0 Å². The molecule has 0 bridgehead atoms. The summed E-state index contributed by atoms with van der Waals surface area (Å²) in [6.07, 6.45) is 0. The molecule has 0 saturated carbocycles. The summed E-state index contributed by atoms with van der Waals surface area (Å²) in [5, 5.41) is 9.15. The van der Waals surface area contributed by atoms with E-state index in [0.29, 0.717) is 47.4 Å². The molecule has 1 aromatic heterocycles. The van der Waals surface area contributed by atoms with E-state index in [1.54, 1.807) is 25.1 Å². The Hall–Kier alpha value is -3.03. The minimum absolute atomic E-state index is 0.0171. The van der Waals surface area contributed by atoms with Crippen molar-refractivity contribution in [1.82, 2.24) is 10.5 Å². The number of ether oxygens (including phenoxy) is 2. The number of rotatable bonds is 5. The minimum Gasteiger partial charge on any atom is -0.486 e. The van der Waals surface area contributed by atoms with Crippen molar-refractivity contribution in [3.05, 3.63) is 35.2 Å². The Kier molecular flexibility index (Phi) is 5.11. The molecule has 1 aliphatic rings. The fourth-order valence-electron chi connectivity index (χ4n) is 2.63. The van der Waals surface area contributed by atoms with E-state index < -0.39 is 0 Å². The second kappa shape index (κ2) is 7.47. The van der Waals surface area contributed by atoms with Gasteiger partial charge in [0.1, 0.15) is 18.8 Å². The number of benzene rings is 1. The van der Waals surface area contributed by atoms with Crippen molar-refractivity contribution < 1.29 is 23.6 Å². The predicted molar refractivity (Wildman–Crippen MR) is 93.7 cm³/mol. The number of nitrogens with one attached hydrogen (secondary N) is 2. The highest BCUT2D eigenvalue weighted by Gasteiger charge is 2.23. The number of anilines is 1. The van der Waals surface area contributed by atoms with E-state index in [0.717, 1.165) is 0 Å². The van der Waals surface area contributed by atoms with Crippen LogP contribution >= 0.6 is 0 Å². The molecule has 8 nitrogen and oxygen atoms in total. The van der Waals surface area contributed by atoms with Crippen molar-refractivity contribution in [2.45, 2.75) is 26.7 Å². The zero-order chi connectivity index (χ0) is 18.7. The van der Waals surface area contributed by atoms with Gasteiger partial charge >= 0.3 is 0 Å². The van der Waals surface area contributed by atoms with Crippen LogP contribution < -0.4 is 20.1 Å². The maximum Gasteiger partial charge on any atom is 0.257 e. The van der Waals surface area contributed by atoms with Crippen LogP contribution in [0.1, 0.15) is 41.6 Å². The van der Waals surface area contributed by atoms with Crippen LogP contribution in [0.15, 0.2) is 22.7 Å². The van der Waals surface area contributed by atoms with Crippen molar-refractivity contribution in [3.8, 4) is 11.5 Å². The first-order valence-corrected chi connectivity index (χ1v) is 8.39. The maximum absolute atomic E-state index is 12.4. The Bertz CT molecular complexity index is 828. The van der Waals surface area contributed by atoms with Gasteiger partial charge in [-0.2, -0.15) is 0 Å². The van der Waals surface area contributed by atoms with Crippen LogP contribution in [0.3, 0.4) is 0 Å². The summed E-state index contributed by atoms with van der Waals surface area (Å²) in [5.41, 5.74) is 1.45. The lowest BCUT2D eigenvalue weighted by molar-refractivity contribution is -0.115. The van der Waals surface area contributed by atoms with Gasteiger partial charge in [0, 0.05) is 17.7 Å². The average Bonchev–Trinajstić information content (AvgIpc) is 3.01. The van der Waals surface area contributed by atoms with Gasteiger partial charge in [0.15, 0.2) is 17.3 Å². The summed E-state index contributed by atoms with van der Waals surface area (Å²) in [5.74, 6) is 1.02. The van der Waals surface area contributed by atoms with E-state index in [2.05, 4.69) is 15.8 Å². The lowest BCUT2D eigenvalue weighted by Gasteiger charge is -2.19. The third-order valence-corrected chi connectivity index (χ3v) is 3.88. The summed E-state index contributed by atoms with van der Waals surface area (Å²) >= 11 is 0. The molecule has 2 N–H and O–H groups in total. The molecule has 0 radical (unpaired) electrons. The van der Waals surface area contributed by atoms with E-state index in [-0.39, 0.29) is 24.3 Å². The summed E-state index contributed by atoms with van der Waals surface area (Å²) < 4.78 is 16.1. The lowest BCUT2D eigenvalue weighted by Crippen LogP contribution is -2.33. The molecular formula is C18H21N3O5. The van der Waals surface area contributed by atoms with Gasteiger partial charge in [-0.05, 0) is 19.1 Å². The van der Waals surface area contributed by atoms with Crippen molar-refractivity contribution in [2.75, 3.05) is 25.1 Å². The van der Waals surface area contributed by atoms with E-state index in [4.69, 9.17) is 14.0 Å². The van der Waals surface area contributed by atoms with Crippen LogP contribution in [0.5, 0.6) is 11.5 Å². The standard InChI is InChI=1S/C18H21N3O5/c1-10(2)17-16(11(3)21-26-17)18(23)19-9-15(22)20-12-4-5-13-14(8-12)25-7-6-24-13/h4-5,8,10H,6-7,9H2,1-3H3,(H,19,23)(H,20,22). The second-order valence-electron chi connectivity index (χ2n) is 6.25. The Morgan fingerprint density at radius 2 is 1.92 bits per heavy atom. The SMILES string of the molecule is Cc1noc(C(C)C)c1C(=O)NCC(=O)Nc1ccc2c(c1)OCCO2. The normalized spacial score (nSPS) is 12.8. The molecule has 1 aromatic carbocycles. The first-order valence-electron chi connectivity index (χ1n) is 8.39. The Labute approximate surface area is 150 Å². The molecule has 1 aliphatic heterocycles. The monoisotopic (exact) mass is 359 g/mol. The topological polar surface area (TPSA) is 103 Å². The molecule has 0 aliphatic carbocycles. The highest BCUT2D eigenvalue weighted by molar-refractivity contribution is 6.00. The number of hydrogen-bond donors (Lipinski definition) is 2. The first kappa shape index (κ1) is 17.8. The Balaban J connectivity index is 1.59. The van der Waals surface area contributed by atoms with E-state index in [1.165, 1.54) is 0 Å². The molecule has 2 amide bonds. The van der Waals surface area contributed by atoms with Gasteiger partial charge < -0.3 is 24.6 Å². The highest BCUT2D eigenvalue weighted by atomic mass is 16.6. The maximum atomic E-state index is 12.4. The number of amides is 2. The van der Waals surface area contributed by atoms with Crippen molar-refractivity contribution in [1.29, 1.82) is 0 Å². The fraction of sp³-hybridized carbons (Fsp3) is 0.389. The average molecular weight is 359 g/mol. The number of hydrogen-bond acceptors (Lipinski definition) is 6. The number of aromatic nitrogens is 1. The molecule has 0 saturated heterocycles. The molecule has 0 unspecified atom stereocenters. The molecule has 0 spiro atoms. The van der Waals surface area contributed by atoms with Crippen molar-refractivity contribution in [3.63, 3.8) is 0 Å². The van der Waals surface area contributed by atoms with Gasteiger partial charge in [-0.15, -0.1) is 0 Å². The van der Waals surface area contributed by atoms with E-state index in [9.17, 15) is 9.59 Å². The molecular weight excluding hydrogens is 338 g/mol. The molecule has 2 heterocycles. The molecule has 3 rings (SSSR count). The van der Waals surface area contributed by atoms with Gasteiger partial charge in [-0.3, -0.25) is 9.59 Å². The quantitative estimate of drug-likeness (QED) is 0.849. The van der Waals surface area contributed by atoms with Gasteiger partial charge in [0.25, 0.3) is 5.91 Å². The summed E-state index contributed by atoms with van der Waals surface area (Å²) in [6.45, 7) is 6.31. The van der Waals surface area contributed by atoms with Crippen LogP contribution in [0, 0.1) is 6.92 Å². The second-order valence-corrected chi connectivity index (χ2v) is 6.25. The Morgan fingerprint density at radius 3 is 2.65 bits per heavy atom. The highest BCUT2D eigenvalue weighted by Crippen LogP contribution is 2.32. The zero-order valence-corrected chi connectivity index (χ0v) is 14.9. The molecule has 26 heavy (non-hydrogen) atoms. The molecule has 2 aromatic rings. The van der Waals surface area contributed by atoms with Crippen molar-refractivity contribution in [2.24, 2.45) is 0 Å². The third kappa shape index (κ3) is 3.79. The molecule has 0 atom stereocenters. The van der Waals surface area contributed by atoms with Gasteiger partial charge in [0.05, 0.1) is 12.2 Å². The first-order chi connectivity index (χ1) is 12.5. The van der Waals surface area contributed by atoms with Crippen molar-refractivity contribution >= 4 is 17.5 Å². The van der Waals surface area contributed by atoms with Crippen LogP contribution in [0.4, 0.5) is 5.69 Å². The summed E-state index contributed by atoms with van der Waals surface area (Å²) in [4.78, 5) is 24.5. The number of fused-ring (bicyclic) bond motifs is 1. The van der Waals surface area contributed by atoms with Crippen LogP contribution in [0.2, 0.25) is 0 Å². The van der Waals surface area contributed by atoms with E-state index in [1.807, 2.05) is 13.8 Å². The molecule has 0 fully saturated rings. The van der Waals surface area contributed by atoms with Gasteiger partial charge in [0.2, 0.25) is 5.91 Å². The summed E-state index contributed by atoms with van der Waals surface area (Å²) in [7, 11) is 0. The fourth-order valence-corrected chi connectivity index (χ4v) is 2.63. The number of aryl methyl sites for hydroxylation is 1. The minimum atomic E-state index is -0.384. The molecule has 8 heteroatoms. The Morgan fingerprint density at radius 1 is 1.19 bits per heavy atom.